The van der Waals surface area contributed by atoms with Crippen molar-refractivity contribution in [3.8, 4) is 0 Å². The van der Waals surface area contributed by atoms with Crippen molar-refractivity contribution in [2.75, 3.05) is 6.54 Å². The first-order chi connectivity index (χ1) is 9.22. The molecule has 0 radical (unpaired) electrons. The van der Waals surface area contributed by atoms with Gasteiger partial charge in [0.05, 0.1) is 6.04 Å². The van der Waals surface area contributed by atoms with E-state index in [9.17, 15) is 4.39 Å². The molecule has 1 N–H and O–H groups in total. The first kappa shape index (κ1) is 15.0. The lowest BCUT2D eigenvalue weighted by Crippen LogP contribution is -2.23. The molecule has 0 saturated heterocycles. The first-order valence-corrected chi connectivity index (χ1v) is 8.17. The average molecular weight is 373 g/mol. The van der Waals surface area contributed by atoms with Crippen LogP contribution in [0.3, 0.4) is 0 Å². The predicted molar refractivity (Wildman–Crippen MR) is 86.7 cm³/mol. The summed E-state index contributed by atoms with van der Waals surface area (Å²) >= 11 is 2.24. The van der Waals surface area contributed by atoms with Gasteiger partial charge in [0.1, 0.15) is 5.82 Å². The Morgan fingerprint density at radius 2 is 2.16 bits per heavy atom. The Bertz CT molecular complexity index is 456. The molecular weight excluding hydrogens is 352 g/mol. The van der Waals surface area contributed by atoms with Crippen molar-refractivity contribution in [2.45, 2.75) is 45.1 Å². The van der Waals surface area contributed by atoms with Gasteiger partial charge in [0.25, 0.3) is 0 Å². The molecule has 1 nitrogen and oxygen atoms in total. The molecule has 1 aromatic carbocycles. The van der Waals surface area contributed by atoms with Crippen molar-refractivity contribution < 1.29 is 4.39 Å². The molecule has 0 bridgehead atoms. The van der Waals surface area contributed by atoms with Crippen LogP contribution in [-0.4, -0.2) is 6.54 Å². The van der Waals surface area contributed by atoms with Gasteiger partial charge in [0, 0.05) is 3.57 Å². The Morgan fingerprint density at radius 1 is 1.32 bits per heavy atom. The van der Waals surface area contributed by atoms with Gasteiger partial charge in [0.2, 0.25) is 0 Å². The van der Waals surface area contributed by atoms with E-state index in [-0.39, 0.29) is 11.9 Å². The number of hydrogen-bond acceptors (Lipinski definition) is 1. The molecule has 0 saturated carbocycles. The SMILES string of the molecule is CCNC(C1=CCCCCC1)c1ccc(F)cc1I. The number of likely N-dealkylation sites (N-methyl/N-ethyl adjacent to an activating group) is 1. The average Bonchev–Trinajstić information content (AvgIpc) is 2.65. The van der Waals surface area contributed by atoms with Crippen LogP contribution in [0, 0.1) is 9.39 Å². The van der Waals surface area contributed by atoms with Gasteiger partial charge in [-0.25, -0.2) is 4.39 Å². The quantitative estimate of drug-likeness (QED) is 0.580. The van der Waals surface area contributed by atoms with Gasteiger partial charge < -0.3 is 5.32 Å². The van der Waals surface area contributed by atoms with E-state index in [1.807, 2.05) is 6.07 Å². The maximum absolute atomic E-state index is 13.3. The lowest BCUT2D eigenvalue weighted by atomic mass is 9.95. The normalized spacial score (nSPS) is 17.7. The lowest BCUT2D eigenvalue weighted by molar-refractivity contribution is 0.582. The van der Waals surface area contributed by atoms with Gasteiger partial charge in [-0.3, -0.25) is 0 Å². The van der Waals surface area contributed by atoms with Crippen molar-refractivity contribution in [3.05, 3.63) is 44.8 Å². The van der Waals surface area contributed by atoms with Crippen molar-refractivity contribution in [3.63, 3.8) is 0 Å². The maximum Gasteiger partial charge on any atom is 0.124 e. The number of nitrogens with one attached hydrogen (secondary N) is 1. The Hall–Kier alpha value is -0.420. The van der Waals surface area contributed by atoms with Crippen molar-refractivity contribution in [2.24, 2.45) is 0 Å². The summed E-state index contributed by atoms with van der Waals surface area (Å²) in [5, 5.41) is 3.56. The van der Waals surface area contributed by atoms with E-state index in [0.29, 0.717) is 0 Å². The summed E-state index contributed by atoms with van der Waals surface area (Å²) < 4.78 is 14.3. The molecule has 0 spiro atoms. The fourth-order valence-corrected chi connectivity index (χ4v) is 3.47. The predicted octanol–water partition coefficient (Wildman–Crippen LogP) is 4.97. The largest absolute Gasteiger partial charge is 0.307 e. The summed E-state index contributed by atoms with van der Waals surface area (Å²) in [6.07, 6.45) is 8.60. The van der Waals surface area contributed by atoms with Gasteiger partial charge in [0.15, 0.2) is 0 Å². The fraction of sp³-hybridized carbons (Fsp3) is 0.500. The highest BCUT2D eigenvalue weighted by atomic mass is 127. The Labute approximate surface area is 128 Å². The number of rotatable bonds is 4. The van der Waals surface area contributed by atoms with E-state index < -0.39 is 0 Å². The van der Waals surface area contributed by atoms with Gasteiger partial charge in [-0.1, -0.05) is 31.1 Å². The Kier molecular flexibility index (Phi) is 5.82. The summed E-state index contributed by atoms with van der Waals surface area (Å²) in [6, 6.07) is 5.36. The Balaban J connectivity index is 2.30. The molecule has 2 rings (SSSR count). The van der Waals surface area contributed by atoms with Gasteiger partial charge in [-0.15, -0.1) is 0 Å². The van der Waals surface area contributed by atoms with E-state index >= 15 is 0 Å². The summed E-state index contributed by atoms with van der Waals surface area (Å²) in [6.45, 7) is 3.05. The molecule has 3 heteroatoms. The highest BCUT2D eigenvalue weighted by Gasteiger charge is 2.19. The van der Waals surface area contributed by atoms with Crippen LogP contribution in [0.2, 0.25) is 0 Å². The van der Waals surface area contributed by atoms with Crippen LogP contribution in [0.4, 0.5) is 4.39 Å². The van der Waals surface area contributed by atoms with Crippen LogP contribution in [-0.2, 0) is 0 Å². The summed E-state index contributed by atoms with van der Waals surface area (Å²) in [5.74, 6) is -0.154. The topological polar surface area (TPSA) is 12.0 Å². The van der Waals surface area contributed by atoms with Crippen LogP contribution in [0.1, 0.15) is 50.6 Å². The van der Waals surface area contributed by atoms with Crippen molar-refractivity contribution in [1.29, 1.82) is 0 Å². The standard InChI is InChI=1S/C16H21FIN/c1-2-19-16(12-7-5-3-4-6-8-12)14-10-9-13(17)11-15(14)18/h7,9-11,16,19H,2-6,8H2,1H3. The molecule has 1 aromatic rings. The number of allylic oxidation sites excluding steroid dienone is 1. The van der Waals surface area contributed by atoms with Crippen LogP contribution in [0.25, 0.3) is 0 Å². The second kappa shape index (κ2) is 7.39. The molecule has 0 heterocycles. The zero-order valence-corrected chi connectivity index (χ0v) is 13.5. The molecule has 1 unspecified atom stereocenters. The van der Waals surface area contributed by atoms with Crippen LogP contribution >= 0.6 is 22.6 Å². The molecule has 0 fully saturated rings. The maximum atomic E-state index is 13.3. The van der Waals surface area contributed by atoms with Crippen molar-refractivity contribution >= 4 is 22.6 Å². The summed E-state index contributed by atoms with van der Waals surface area (Å²) in [5.41, 5.74) is 2.68. The van der Waals surface area contributed by atoms with E-state index in [0.717, 1.165) is 16.5 Å². The van der Waals surface area contributed by atoms with E-state index in [1.54, 1.807) is 12.1 Å². The van der Waals surface area contributed by atoms with Crippen LogP contribution in [0.15, 0.2) is 29.8 Å². The molecule has 1 aliphatic carbocycles. The van der Waals surface area contributed by atoms with Crippen molar-refractivity contribution in [1.82, 2.24) is 5.32 Å². The highest BCUT2D eigenvalue weighted by molar-refractivity contribution is 14.1. The minimum atomic E-state index is -0.154. The minimum absolute atomic E-state index is 0.154. The second-order valence-electron chi connectivity index (χ2n) is 5.03. The second-order valence-corrected chi connectivity index (χ2v) is 6.20. The smallest absolute Gasteiger partial charge is 0.124 e. The first-order valence-electron chi connectivity index (χ1n) is 7.09. The van der Waals surface area contributed by atoms with E-state index in [4.69, 9.17) is 0 Å². The molecule has 0 aliphatic heterocycles. The van der Waals surface area contributed by atoms with Gasteiger partial charge in [-0.2, -0.15) is 0 Å². The third-order valence-corrected chi connectivity index (χ3v) is 4.56. The fourth-order valence-electron chi connectivity index (χ4n) is 2.68. The number of benzene rings is 1. The number of hydrogen-bond donors (Lipinski definition) is 1. The molecule has 1 atom stereocenters. The van der Waals surface area contributed by atoms with E-state index in [2.05, 4.69) is 40.9 Å². The van der Waals surface area contributed by atoms with Crippen LogP contribution < -0.4 is 5.32 Å². The molecule has 104 valence electrons. The Morgan fingerprint density at radius 3 is 2.89 bits per heavy atom. The van der Waals surface area contributed by atoms with Crippen LogP contribution in [0.5, 0.6) is 0 Å². The van der Waals surface area contributed by atoms with E-state index in [1.165, 1.54) is 36.8 Å². The lowest BCUT2D eigenvalue weighted by Gasteiger charge is -2.23. The van der Waals surface area contributed by atoms with Gasteiger partial charge in [-0.05, 0) is 72.5 Å². The third kappa shape index (κ3) is 4.02. The molecule has 1 aliphatic rings. The zero-order valence-electron chi connectivity index (χ0n) is 11.4. The number of halogens is 2. The molecule has 0 amide bonds. The highest BCUT2D eigenvalue weighted by Crippen LogP contribution is 2.31. The zero-order chi connectivity index (χ0) is 13.7. The monoisotopic (exact) mass is 373 g/mol. The molecular formula is C16H21FIN. The third-order valence-electron chi connectivity index (χ3n) is 3.63. The molecule has 0 aromatic heterocycles. The minimum Gasteiger partial charge on any atom is -0.307 e. The molecule has 19 heavy (non-hydrogen) atoms. The summed E-state index contributed by atoms with van der Waals surface area (Å²) in [7, 11) is 0. The van der Waals surface area contributed by atoms with Gasteiger partial charge >= 0.3 is 0 Å². The summed E-state index contributed by atoms with van der Waals surface area (Å²) in [4.78, 5) is 0.